The first-order chi connectivity index (χ1) is 18.5. The predicted molar refractivity (Wildman–Crippen MR) is 154 cm³/mol. The van der Waals surface area contributed by atoms with Gasteiger partial charge >= 0.3 is 0 Å². The fourth-order valence-corrected chi connectivity index (χ4v) is 5.66. The molecule has 1 N–H and O–H groups in total. The molecule has 3 rings (SSSR count). The van der Waals surface area contributed by atoms with Crippen molar-refractivity contribution in [2.24, 2.45) is 0 Å². The highest BCUT2D eigenvalue weighted by Gasteiger charge is 2.33. The fourth-order valence-electron chi connectivity index (χ4n) is 3.92. The first kappa shape index (κ1) is 30.3. The van der Waals surface area contributed by atoms with Crippen molar-refractivity contribution >= 4 is 50.7 Å². The number of anilines is 1. The van der Waals surface area contributed by atoms with E-state index in [0.717, 1.165) is 9.87 Å². The Morgan fingerprint density at radius 1 is 1.00 bits per heavy atom. The van der Waals surface area contributed by atoms with Crippen LogP contribution >= 0.6 is 23.2 Å². The number of halogens is 2. The standard InChI is InChI=1S/C28H31Cl2N3O5S/c1-5-38-26-9-7-6-8-25(26)33(39(36,37)22-13-10-19(2)11-14-22)18-27(34)32(20(3)28(35)31-4)17-21-12-15-23(29)24(30)16-21/h6-16,20H,5,17-18H2,1-4H3,(H,31,35)/t20-/m0/s1. The van der Waals surface area contributed by atoms with E-state index in [0.29, 0.717) is 28.0 Å². The number of para-hydroxylation sites is 2. The molecule has 0 aromatic heterocycles. The Balaban J connectivity index is 2.09. The third-order valence-electron chi connectivity index (χ3n) is 6.07. The maximum atomic E-state index is 13.9. The maximum Gasteiger partial charge on any atom is 0.264 e. The van der Waals surface area contributed by atoms with Crippen LogP contribution in [0.15, 0.2) is 71.6 Å². The Labute approximate surface area is 239 Å². The molecule has 208 valence electrons. The van der Waals surface area contributed by atoms with Crippen molar-refractivity contribution in [1.82, 2.24) is 10.2 Å². The van der Waals surface area contributed by atoms with E-state index in [2.05, 4.69) is 5.32 Å². The van der Waals surface area contributed by atoms with Crippen LogP contribution in [0.5, 0.6) is 5.75 Å². The number of amides is 2. The monoisotopic (exact) mass is 591 g/mol. The number of rotatable bonds is 11. The first-order valence-corrected chi connectivity index (χ1v) is 14.4. The van der Waals surface area contributed by atoms with Gasteiger partial charge in [0.15, 0.2) is 0 Å². The molecule has 8 nitrogen and oxygen atoms in total. The summed E-state index contributed by atoms with van der Waals surface area (Å²) in [5.41, 5.74) is 1.71. The molecule has 0 aliphatic heterocycles. The molecule has 0 saturated heterocycles. The molecule has 0 spiro atoms. The molecular formula is C28H31Cl2N3O5S. The lowest BCUT2D eigenvalue weighted by Gasteiger charge is -2.32. The Morgan fingerprint density at radius 3 is 2.28 bits per heavy atom. The lowest BCUT2D eigenvalue weighted by Crippen LogP contribution is -2.50. The number of carbonyl (C=O) groups excluding carboxylic acids is 2. The third kappa shape index (κ3) is 7.23. The van der Waals surface area contributed by atoms with Crippen LogP contribution in [0.1, 0.15) is 25.0 Å². The van der Waals surface area contributed by atoms with Gasteiger partial charge in [0, 0.05) is 13.6 Å². The van der Waals surface area contributed by atoms with Gasteiger partial charge in [0.25, 0.3) is 10.0 Å². The van der Waals surface area contributed by atoms with Crippen molar-refractivity contribution in [1.29, 1.82) is 0 Å². The van der Waals surface area contributed by atoms with Crippen LogP contribution in [0.3, 0.4) is 0 Å². The number of sulfonamides is 1. The van der Waals surface area contributed by atoms with Gasteiger partial charge in [0.1, 0.15) is 18.3 Å². The number of benzene rings is 3. The number of carbonyl (C=O) groups is 2. The van der Waals surface area contributed by atoms with Crippen LogP contribution in [-0.2, 0) is 26.2 Å². The zero-order valence-electron chi connectivity index (χ0n) is 22.1. The molecule has 11 heteroatoms. The molecule has 3 aromatic carbocycles. The normalized spacial score (nSPS) is 11.9. The summed E-state index contributed by atoms with van der Waals surface area (Å²) in [6, 6.07) is 16.9. The van der Waals surface area contributed by atoms with Crippen molar-refractivity contribution in [2.45, 2.75) is 38.3 Å². The molecular weight excluding hydrogens is 561 g/mol. The van der Waals surface area contributed by atoms with Crippen molar-refractivity contribution < 1.29 is 22.7 Å². The highest BCUT2D eigenvalue weighted by molar-refractivity contribution is 7.92. The summed E-state index contributed by atoms with van der Waals surface area (Å²) in [4.78, 5) is 27.8. The Bertz CT molecular complexity index is 1430. The minimum atomic E-state index is -4.21. The molecule has 0 aliphatic rings. The maximum absolute atomic E-state index is 13.9. The quantitative estimate of drug-likeness (QED) is 0.336. The van der Waals surface area contributed by atoms with Gasteiger partial charge in [-0.05, 0) is 62.7 Å². The molecule has 0 saturated carbocycles. The number of nitrogens with zero attached hydrogens (tertiary/aromatic N) is 2. The molecule has 0 radical (unpaired) electrons. The van der Waals surface area contributed by atoms with Crippen LogP contribution < -0.4 is 14.4 Å². The summed E-state index contributed by atoms with van der Waals surface area (Å²) in [7, 11) is -2.74. The van der Waals surface area contributed by atoms with Gasteiger partial charge in [-0.3, -0.25) is 13.9 Å². The lowest BCUT2D eigenvalue weighted by molar-refractivity contribution is -0.139. The molecule has 3 aromatic rings. The molecule has 0 bridgehead atoms. The molecule has 0 heterocycles. The van der Waals surface area contributed by atoms with Gasteiger partial charge in [-0.15, -0.1) is 0 Å². The number of hydrogen-bond donors (Lipinski definition) is 1. The number of hydrogen-bond acceptors (Lipinski definition) is 5. The largest absolute Gasteiger partial charge is 0.492 e. The van der Waals surface area contributed by atoms with Crippen molar-refractivity contribution in [3.8, 4) is 5.75 Å². The van der Waals surface area contributed by atoms with E-state index < -0.39 is 34.4 Å². The van der Waals surface area contributed by atoms with Crippen LogP contribution in [-0.4, -0.2) is 51.4 Å². The fraction of sp³-hybridized carbons (Fsp3) is 0.286. The Morgan fingerprint density at radius 2 is 1.67 bits per heavy atom. The van der Waals surface area contributed by atoms with E-state index in [4.69, 9.17) is 27.9 Å². The number of ether oxygens (including phenoxy) is 1. The van der Waals surface area contributed by atoms with Crippen LogP contribution in [0.25, 0.3) is 0 Å². The van der Waals surface area contributed by atoms with Crippen LogP contribution in [0, 0.1) is 6.92 Å². The summed E-state index contributed by atoms with van der Waals surface area (Å²) < 4.78 is 34.6. The number of nitrogens with one attached hydrogen (secondary N) is 1. The summed E-state index contributed by atoms with van der Waals surface area (Å²) in [5, 5.41) is 3.19. The van der Waals surface area contributed by atoms with E-state index in [1.54, 1.807) is 68.4 Å². The van der Waals surface area contributed by atoms with Crippen molar-refractivity contribution in [3.05, 3.63) is 87.9 Å². The zero-order chi connectivity index (χ0) is 28.7. The summed E-state index contributed by atoms with van der Waals surface area (Å²) in [5.74, 6) is -0.705. The third-order valence-corrected chi connectivity index (χ3v) is 8.59. The Hall–Kier alpha value is -3.27. The second-order valence-electron chi connectivity index (χ2n) is 8.79. The van der Waals surface area contributed by atoms with E-state index in [1.807, 2.05) is 6.92 Å². The highest BCUT2D eigenvalue weighted by Crippen LogP contribution is 2.33. The second kappa shape index (κ2) is 13.2. The van der Waals surface area contributed by atoms with E-state index in [1.165, 1.54) is 24.1 Å². The van der Waals surface area contributed by atoms with Gasteiger partial charge in [-0.25, -0.2) is 8.42 Å². The summed E-state index contributed by atoms with van der Waals surface area (Å²) in [6.07, 6.45) is 0. The Kier molecular flexibility index (Phi) is 10.2. The minimum absolute atomic E-state index is 0.00413. The minimum Gasteiger partial charge on any atom is -0.492 e. The zero-order valence-corrected chi connectivity index (χ0v) is 24.5. The van der Waals surface area contributed by atoms with Gasteiger partial charge in [-0.1, -0.05) is 59.1 Å². The first-order valence-electron chi connectivity index (χ1n) is 12.3. The smallest absolute Gasteiger partial charge is 0.264 e. The van der Waals surface area contributed by atoms with E-state index >= 15 is 0 Å². The van der Waals surface area contributed by atoms with Crippen LogP contribution in [0.4, 0.5) is 5.69 Å². The molecule has 2 amide bonds. The molecule has 0 aliphatic carbocycles. The molecule has 39 heavy (non-hydrogen) atoms. The van der Waals surface area contributed by atoms with Gasteiger partial charge in [-0.2, -0.15) is 0 Å². The topological polar surface area (TPSA) is 96.0 Å². The van der Waals surface area contributed by atoms with Crippen LogP contribution in [0.2, 0.25) is 10.0 Å². The average molecular weight is 593 g/mol. The molecule has 0 fully saturated rings. The van der Waals surface area contributed by atoms with Gasteiger partial charge in [0.05, 0.1) is 27.2 Å². The SMILES string of the molecule is CCOc1ccccc1N(CC(=O)N(Cc1ccc(Cl)c(Cl)c1)[C@@H](C)C(=O)NC)S(=O)(=O)c1ccc(C)cc1. The number of likely N-dealkylation sites (N-methyl/N-ethyl adjacent to an activating group) is 1. The van der Waals surface area contributed by atoms with E-state index in [9.17, 15) is 18.0 Å². The van der Waals surface area contributed by atoms with Crippen molar-refractivity contribution in [3.63, 3.8) is 0 Å². The lowest BCUT2D eigenvalue weighted by atomic mass is 10.1. The second-order valence-corrected chi connectivity index (χ2v) is 11.5. The molecule has 1 atom stereocenters. The summed E-state index contributed by atoms with van der Waals surface area (Å²) >= 11 is 12.2. The van der Waals surface area contributed by atoms with Gasteiger partial charge in [0.2, 0.25) is 11.8 Å². The van der Waals surface area contributed by atoms with E-state index in [-0.39, 0.29) is 17.1 Å². The number of aryl methyl sites for hydroxylation is 1. The average Bonchev–Trinajstić information content (AvgIpc) is 2.92. The van der Waals surface area contributed by atoms with Crippen molar-refractivity contribution in [2.75, 3.05) is 24.5 Å². The summed E-state index contributed by atoms with van der Waals surface area (Å²) in [6.45, 7) is 4.91. The van der Waals surface area contributed by atoms with Gasteiger partial charge < -0.3 is 15.0 Å². The molecule has 0 unspecified atom stereocenters. The highest BCUT2D eigenvalue weighted by atomic mass is 35.5. The predicted octanol–water partition coefficient (Wildman–Crippen LogP) is 5.06.